The standard InChI is InChI=1S/C57H101N2O7P/c1-7-10-13-16-19-22-25-28-30-32-35-38-41-44-47-50-57(61)66-55(48-45-42-39-36-33-27-24-21-18-15-12-9-3)54(53-65-67(62,63)64-52-51-59(4,5)6)58-56(60)49-46-43-40-37-34-31-29-26-23-20-17-14-11-8-2/h10-11,13-14,16,19-20,22-23,25,29,31,45,48,54-55H,7-9,12,15,17-18,21,24,26-28,30,32-44,46-47,49-53H2,1-6H3,(H-,58,60,62,63)/b13-10+,14-11+,19-16+,23-20+,25-22+,31-29+,48-45+. The molecule has 386 valence electrons. The molecule has 0 aliphatic rings. The SMILES string of the molecule is CC/C=C/C=C/C=C/CCCCCCCCCC(=O)OC(/C=C/CCCCCCCCCCCC)C(COP(=O)([O-])OCC[N+](C)(C)C)NC(=O)CCCCCC/C=C/C/C=C/C/C=C/CC. The van der Waals surface area contributed by atoms with Gasteiger partial charge in [-0.25, -0.2) is 0 Å². The zero-order valence-corrected chi connectivity index (χ0v) is 44.7. The number of hydrogen-bond acceptors (Lipinski definition) is 7. The van der Waals surface area contributed by atoms with Gasteiger partial charge < -0.3 is 28.5 Å². The van der Waals surface area contributed by atoms with Crippen LogP contribution >= 0.6 is 7.82 Å². The smallest absolute Gasteiger partial charge is 0.306 e. The van der Waals surface area contributed by atoms with E-state index in [2.05, 4.69) is 99.0 Å². The molecule has 0 fully saturated rings. The highest BCUT2D eigenvalue weighted by Crippen LogP contribution is 2.38. The van der Waals surface area contributed by atoms with E-state index in [-0.39, 0.29) is 31.3 Å². The van der Waals surface area contributed by atoms with Crippen molar-refractivity contribution in [1.29, 1.82) is 0 Å². The highest BCUT2D eigenvalue weighted by atomic mass is 31.2. The number of carbonyl (C=O) groups excluding carboxylic acids is 2. The summed E-state index contributed by atoms with van der Waals surface area (Å²) in [6.45, 7) is 6.55. The summed E-state index contributed by atoms with van der Waals surface area (Å²) >= 11 is 0. The van der Waals surface area contributed by atoms with Crippen molar-refractivity contribution < 1.29 is 37.3 Å². The minimum atomic E-state index is -4.70. The van der Waals surface area contributed by atoms with Crippen LogP contribution in [0.2, 0.25) is 0 Å². The zero-order valence-electron chi connectivity index (χ0n) is 43.8. The molecule has 3 atom stereocenters. The Kier molecular flexibility index (Phi) is 44.9. The number of unbranched alkanes of at least 4 members (excludes halogenated alkanes) is 21. The van der Waals surface area contributed by atoms with Crippen molar-refractivity contribution in [3.8, 4) is 0 Å². The van der Waals surface area contributed by atoms with Gasteiger partial charge in [-0.2, -0.15) is 0 Å². The van der Waals surface area contributed by atoms with Gasteiger partial charge in [-0.15, -0.1) is 0 Å². The molecule has 0 rings (SSSR count). The first-order valence-corrected chi connectivity index (χ1v) is 28.4. The molecule has 0 aliphatic heterocycles. The lowest BCUT2D eigenvalue weighted by atomic mass is 10.0. The fourth-order valence-electron chi connectivity index (χ4n) is 7.24. The van der Waals surface area contributed by atoms with E-state index in [1.54, 1.807) is 0 Å². The Morgan fingerprint density at radius 3 is 1.60 bits per heavy atom. The normalized spacial score (nSPS) is 14.6. The lowest BCUT2D eigenvalue weighted by Gasteiger charge is -2.30. The van der Waals surface area contributed by atoms with Crippen molar-refractivity contribution in [2.24, 2.45) is 0 Å². The van der Waals surface area contributed by atoms with Gasteiger partial charge in [-0.3, -0.25) is 14.2 Å². The predicted molar refractivity (Wildman–Crippen MR) is 284 cm³/mol. The first kappa shape index (κ1) is 64.2. The molecule has 0 bridgehead atoms. The number of ether oxygens (including phenoxy) is 1. The summed E-state index contributed by atoms with van der Waals surface area (Å²) in [7, 11) is 1.15. The number of hydrogen-bond donors (Lipinski definition) is 1. The molecule has 0 aromatic heterocycles. The first-order chi connectivity index (χ1) is 32.4. The lowest BCUT2D eigenvalue weighted by Crippen LogP contribution is -2.47. The minimum Gasteiger partial charge on any atom is -0.756 e. The lowest BCUT2D eigenvalue weighted by molar-refractivity contribution is -0.870. The molecule has 10 heteroatoms. The minimum absolute atomic E-state index is 0.0329. The van der Waals surface area contributed by atoms with Crippen LogP contribution in [0.1, 0.15) is 213 Å². The van der Waals surface area contributed by atoms with Crippen molar-refractivity contribution in [3.05, 3.63) is 85.1 Å². The molecule has 0 radical (unpaired) electrons. The first-order valence-electron chi connectivity index (χ1n) is 26.9. The van der Waals surface area contributed by atoms with Gasteiger partial charge in [0, 0.05) is 12.8 Å². The molecule has 67 heavy (non-hydrogen) atoms. The molecule has 0 aliphatic carbocycles. The molecule has 1 N–H and O–H groups in total. The maximum atomic E-state index is 13.4. The third-order valence-corrected chi connectivity index (χ3v) is 12.3. The largest absolute Gasteiger partial charge is 0.756 e. The van der Waals surface area contributed by atoms with Crippen molar-refractivity contribution in [1.82, 2.24) is 5.32 Å². The second-order valence-corrected chi connectivity index (χ2v) is 20.4. The number of nitrogens with zero attached hydrogens (tertiary/aromatic N) is 1. The highest BCUT2D eigenvalue weighted by Gasteiger charge is 2.27. The fourth-order valence-corrected chi connectivity index (χ4v) is 7.96. The Balaban J connectivity index is 5.46. The van der Waals surface area contributed by atoms with E-state index >= 15 is 0 Å². The fraction of sp³-hybridized carbons (Fsp3) is 0.719. The van der Waals surface area contributed by atoms with E-state index < -0.39 is 26.6 Å². The molecular formula is C57H101N2O7P. The van der Waals surface area contributed by atoms with Crippen LogP contribution in [-0.2, 0) is 27.9 Å². The number of phosphoric ester groups is 1. The number of likely N-dealkylation sites (N-methyl/N-ethyl adjacent to an activating group) is 1. The highest BCUT2D eigenvalue weighted by molar-refractivity contribution is 7.45. The monoisotopic (exact) mass is 957 g/mol. The van der Waals surface area contributed by atoms with E-state index in [4.69, 9.17) is 13.8 Å². The van der Waals surface area contributed by atoms with Crippen LogP contribution < -0.4 is 10.2 Å². The van der Waals surface area contributed by atoms with Gasteiger partial charge >= 0.3 is 5.97 Å². The van der Waals surface area contributed by atoms with Crippen molar-refractivity contribution in [2.45, 2.75) is 226 Å². The van der Waals surface area contributed by atoms with Crippen LogP contribution in [0, 0.1) is 0 Å². The average molecular weight is 957 g/mol. The van der Waals surface area contributed by atoms with Crippen LogP contribution in [0.5, 0.6) is 0 Å². The molecule has 3 unspecified atom stereocenters. The van der Waals surface area contributed by atoms with Gasteiger partial charge in [0.15, 0.2) is 0 Å². The van der Waals surface area contributed by atoms with Gasteiger partial charge in [0.2, 0.25) is 5.91 Å². The number of rotatable bonds is 47. The number of quaternary nitrogens is 1. The van der Waals surface area contributed by atoms with E-state index in [0.29, 0.717) is 23.9 Å². The number of amides is 1. The summed E-state index contributed by atoms with van der Waals surface area (Å²) < 4.78 is 30.1. The second-order valence-electron chi connectivity index (χ2n) is 19.0. The van der Waals surface area contributed by atoms with Crippen LogP contribution in [0.3, 0.4) is 0 Å². The number of esters is 1. The molecule has 0 saturated heterocycles. The second kappa shape index (κ2) is 46.9. The third-order valence-electron chi connectivity index (χ3n) is 11.4. The quantitative estimate of drug-likeness (QED) is 0.0161. The van der Waals surface area contributed by atoms with Crippen LogP contribution in [0.15, 0.2) is 85.1 Å². The Morgan fingerprint density at radius 2 is 1.03 bits per heavy atom. The summed E-state index contributed by atoms with van der Waals surface area (Å²) in [5.74, 6) is -0.588. The van der Waals surface area contributed by atoms with E-state index in [0.717, 1.165) is 96.3 Å². The average Bonchev–Trinajstić information content (AvgIpc) is 3.28. The summed E-state index contributed by atoms with van der Waals surface area (Å²) in [6.07, 6.45) is 59.7. The molecule has 1 amide bonds. The molecule has 0 spiro atoms. The van der Waals surface area contributed by atoms with E-state index in [9.17, 15) is 19.0 Å². The maximum absolute atomic E-state index is 13.4. The Hall–Kier alpha value is -2.81. The summed E-state index contributed by atoms with van der Waals surface area (Å²) in [6, 6.07) is -0.907. The zero-order chi connectivity index (χ0) is 49.4. The van der Waals surface area contributed by atoms with Crippen molar-refractivity contribution in [3.63, 3.8) is 0 Å². The van der Waals surface area contributed by atoms with Crippen LogP contribution in [0.25, 0.3) is 0 Å². The molecular weight excluding hydrogens is 856 g/mol. The summed E-state index contributed by atoms with van der Waals surface area (Å²) in [4.78, 5) is 39.7. The summed E-state index contributed by atoms with van der Waals surface area (Å²) in [5.41, 5.74) is 0. The third kappa shape index (κ3) is 48.0. The molecule has 0 aromatic carbocycles. The number of nitrogens with one attached hydrogen (secondary N) is 1. The molecule has 0 saturated carbocycles. The Labute approximate surface area is 412 Å². The van der Waals surface area contributed by atoms with Gasteiger partial charge in [0.1, 0.15) is 19.3 Å². The number of allylic oxidation sites excluding steroid dienone is 13. The van der Waals surface area contributed by atoms with Crippen molar-refractivity contribution >= 4 is 19.7 Å². The van der Waals surface area contributed by atoms with Crippen LogP contribution in [0.4, 0.5) is 0 Å². The number of carbonyl (C=O) groups is 2. The predicted octanol–water partition coefficient (Wildman–Crippen LogP) is 15.2. The van der Waals surface area contributed by atoms with Gasteiger partial charge in [0.05, 0.1) is 33.8 Å². The Morgan fingerprint density at radius 1 is 0.552 bits per heavy atom. The topological polar surface area (TPSA) is 114 Å². The molecule has 0 aromatic rings. The molecule has 0 heterocycles. The van der Waals surface area contributed by atoms with E-state index in [1.165, 1.54) is 70.6 Å². The maximum Gasteiger partial charge on any atom is 0.306 e. The van der Waals surface area contributed by atoms with Gasteiger partial charge in [-0.05, 0) is 83.1 Å². The van der Waals surface area contributed by atoms with Gasteiger partial charge in [-0.1, -0.05) is 202 Å². The molecule has 9 nitrogen and oxygen atoms in total. The van der Waals surface area contributed by atoms with Crippen LogP contribution in [-0.4, -0.2) is 69.4 Å². The summed E-state index contributed by atoms with van der Waals surface area (Å²) in [5, 5.41) is 2.99. The van der Waals surface area contributed by atoms with E-state index in [1.807, 2.05) is 33.3 Å². The number of phosphoric acid groups is 1. The van der Waals surface area contributed by atoms with Gasteiger partial charge in [0.25, 0.3) is 7.82 Å². The Bertz CT molecular complexity index is 1430. The van der Waals surface area contributed by atoms with Crippen molar-refractivity contribution in [2.75, 3.05) is 40.9 Å².